The number of aromatic amines is 1. The van der Waals surface area contributed by atoms with E-state index in [1.54, 1.807) is 12.4 Å². The fraction of sp³-hybridized carbons (Fsp3) is 0.231. The van der Waals surface area contributed by atoms with Gasteiger partial charge in [-0.15, -0.1) is 0 Å². The summed E-state index contributed by atoms with van der Waals surface area (Å²) in [6.45, 7) is 1.95. The molecule has 0 aliphatic carbocycles. The van der Waals surface area contributed by atoms with Crippen molar-refractivity contribution in [1.29, 1.82) is 0 Å². The van der Waals surface area contributed by atoms with E-state index < -0.39 is 0 Å². The Labute approximate surface area is 118 Å². The van der Waals surface area contributed by atoms with E-state index in [2.05, 4.69) is 31.2 Å². The van der Waals surface area contributed by atoms with Gasteiger partial charge >= 0.3 is 0 Å². The molecule has 0 aliphatic heterocycles. The second kappa shape index (κ2) is 5.97. The Kier molecular flexibility index (Phi) is 4.31. The van der Waals surface area contributed by atoms with E-state index in [9.17, 15) is 9.18 Å². The monoisotopic (exact) mass is 325 g/mol. The third-order valence-corrected chi connectivity index (χ3v) is 3.39. The van der Waals surface area contributed by atoms with Crippen molar-refractivity contribution in [3.05, 3.63) is 52.3 Å². The lowest BCUT2D eigenvalue weighted by Crippen LogP contribution is -2.29. The topological polar surface area (TPSA) is 57.8 Å². The molecule has 4 nitrogen and oxygen atoms in total. The lowest BCUT2D eigenvalue weighted by atomic mass is 10.1. The first kappa shape index (κ1) is 13.7. The van der Waals surface area contributed by atoms with Gasteiger partial charge in [0, 0.05) is 16.9 Å². The maximum atomic E-state index is 13.0. The van der Waals surface area contributed by atoms with Crippen LogP contribution in [0.2, 0.25) is 0 Å². The quantitative estimate of drug-likeness (QED) is 0.906. The van der Waals surface area contributed by atoms with E-state index in [1.807, 2.05) is 6.92 Å². The number of amides is 1. The highest BCUT2D eigenvalue weighted by molar-refractivity contribution is 9.10. The van der Waals surface area contributed by atoms with Crippen LogP contribution in [-0.2, 0) is 0 Å². The van der Waals surface area contributed by atoms with Crippen LogP contribution in [0.5, 0.6) is 0 Å². The summed E-state index contributed by atoms with van der Waals surface area (Å²) < 4.78 is 13.4. The maximum absolute atomic E-state index is 13.0. The Morgan fingerprint density at radius 2 is 2.37 bits per heavy atom. The van der Waals surface area contributed by atoms with Gasteiger partial charge in [0.2, 0.25) is 0 Å². The molecule has 1 atom stereocenters. The third kappa shape index (κ3) is 3.20. The molecule has 2 rings (SSSR count). The molecule has 1 heterocycles. The first-order valence-electron chi connectivity index (χ1n) is 5.87. The Morgan fingerprint density at radius 3 is 2.95 bits per heavy atom. The van der Waals surface area contributed by atoms with Crippen LogP contribution in [0.4, 0.5) is 4.39 Å². The van der Waals surface area contributed by atoms with Crippen LogP contribution in [0.25, 0.3) is 0 Å². The fourth-order valence-corrected chi connectivity index (χ4v) is 2.27. The van der Waals surface area contributed by atoms with Crippen molar-refractivity contribution in [3.63, 3.8) is 0 Å². The minimum atomic E-state index is -0.387. The van der Waals surface area contributed by atoms with Gasteiger partial charge in [0.1, 0.15) is 11.6 Å². The highest BCUT2D eigenvalue weighted by atomic mass is 79.9. The second-order valence-corrected chi connectivity index (χ2v) is 4.89. The van der Waals surface area contributed by atoms with Crippen molar-refractivity contribution >= 4 is 21.8 Å². The molecule has 0 fully saturated rings. The summed E-state index contributed by atoms with van der Waals surface area (Å²) >= 11 is 3.18. The number of nitrogens with one attached hydrogen (secondary N) is 2. The van der Waals surface area contributed by atoms with Crippen LogP contribution in [0, 0.1) is 5.82 Å². The minimum absolute atomic E-state index is 0.195. The van der Waals surface area contributed by atoms with Gasteiger partial charge in [0.15, 0.2) is 0 Å². The molecule has 0 radical (unpaired) electrons. The molecular weight excluding hydrogens is 313 g/mol. The summed E-state index contributed by atoms with van der Waals surface area (Å²) in [4.78, 5) is 19.2. The molecule has 19 heavy (non-hydrogen) atoms. The van der Waals surface area contributed by atoms with Crippen molar-refractivity contribution in [2.45, 2.75) is 19.4 Å². The molecule has 1 amide bonds. The van der Waals surface area contributed by atoms with Crippen LogP contribution in [0.15, 0.2) is 35.1 Å². The lowest BCUT2D eigenvalue weighted by molar-refractivity contribution is 0.0933. The number of hydrogen-bond donors (Lipinski definition) is 2. The van der Waals surface area contributed by atoms with Crippen LogP contribution < -0.4 is 5.32 Å². The van der Waals surface area contributed by atoms with Gasteiger partial charge in [-0.2, -0.15) is 0 Å². The molecule has 6 heteroatoms. The van der Waals surface area contributed by atoms with Crippen LogP contribution in [0.3, 0.4) is 0 Å². The van der Waals surface area contributed by atoms with Gasteiger partial charge in [0.25, 0.3) is 5.91 Å². The molecule has 0 aliphatic rings. The average molecular weight is 326 g/mol. The predicted octanol–water partition coefficient (Wildman–Crippen LogP) is 3.19. The van der Waals surface area contributed by atoms with Crippen molar-refractivity contribution in [2.75, 3.05) is 0 Å². The van der Waals surface area contributed by atoms with E-state index in [4.69, 9.17) is 0 Å². The summed E-state index contributed by atoms with van der Waals surface area (Å²) in [6.07, 6.45) is 4.05. The molecule has 1 unspecified atom stereocenters. The molecule has 0 saturated carbocycles. The molecule has 0 spiro atoms. The molecule has 1 aromatic carbocycles. The average Bonchev–Trinajstić information content (AvgIpc) is 2.89. The van der Waals surface area contributed by atoms with Gasteiger partial charge in [-0.05, 0) is 40.5 Å². The van der Waals surface area contributed by atoms with Gasteiger partial charge in [-0.3, -0.25) is 4.79 Å². The summed E-state index contributed by atoms with van der Waals surface area (Å²) in [7, 11) is 0. The number of imidazole rings is 1. The van der Waals surface area contributed by atoms with Crippen LogP contribution >= 0.6 is 15.9 Å². The molecule has 0 saturated heterocycles. The Bertz CT molecular complexity index is 571. The zero-order valence-corrected chi connectivity index (χ0v) is 11.9. The zero-order chi connectivity index (χ0) is 13.8. The third-order valence-electron chi connectivity index (χ3n) is 2.74. The molecule has 1 aromatic heterocycles. The van der Waals surface area contributed by atoms with E-state index >= 15 is 0 Å². The largest absolute Gasteiger partial charge is 0.347 e. The van der Waals surface area contributed by atoms with E-state index in [0.29, 0.717) is 22.3 Å². The Balaban J connectivity index is 2.16. The number of carbonyl (C=O) groups is 1. The van der Waals surface area contributed by atoms with Crippen molar-refractivity contribution in [3.8, 4) is 0 Å². The van der Waals surface area contributed by atoms with Gasteiger partial charge in [-0.1, -0.05) is 6.92 Å². The zero-order valence-electron chi connectivity index (χ0n) is 10.3. The first-order valence-corrected chi connectivity index (χ1v) is 6.66. The standard InChI is InChI=1S/C13H13BrFN3O/c1-2-11(12-16-5-6-17-12)18-13(19)9-4-3-8(15)7-10(9)14/h3-7,11H,2H2,1H3,(H,16,17)(H,18,19). The smallest absolute Gasteiger partial charge is 0.253 e. The maximum Gasteiger partial charge on any atom is 0.253 e. The summed E-state index contributed by atoms with van der Waals surface area (Å²) in [5.41, 5.74) is 0.395. The van der Waals surface area contributed by atoms with Crippen LogP contribution in [0.1, 0.15) is 35.6 Å². The van der Waals surface area contributed by atoms with Gasteiger partial charge in [-0.25, -0.2) is 9.37 Å². The normalized spacial score (nSPS) is 12.2. The number of halogens is 2. The molecule has 2 aromatic rings. The molecular formula is C13H13BrFN3O. The SMILES string of the molecule is CCC(NC(=O)c1ccc(F)cc1Br)c1ncc[nH]1. The van der Waals surface area contributed by atoms with Crippen LogP contribution in [-0.4, -0.2) is 15.9 Å². The Morgan fingerprint density at radius 1 is 1.58 bits per heavy atom. The summed E-state index contributed by atoms with van der Waals surface area (Å²) in [5, 5.41) is 2.86. The van der Waals surface area contributed by atoms with E-state index in [0.717, 1.165) is 0 Å². The summed E-state index contributed by atoms with van der Waals surface area (Å²) in [5.74, 6) is 0.0470. The number of rotatable bonds is 4. The van der Waals surface area contributed by atoms with Gasteiger partial charge in [0.05, 0.1) is 11.6 Å². The second-order valence-electron chi connectivity index (χ2n) is 4.03. The lowest BCUT2D eigenvalue weighted by Gasteiger charge is -2.15. The number of carbonyl (C=O) groups excluding carboxylic acids is 1. The first-order chi connectivity index (χ1) is 9.11. The van der Waals surface area contributed by atoms with Crippen molar-refractivity contribution < 1.29 is 9.18 Å². The number of hydrogen-bond acceptors (Lipinski definition) is 2. The molecule has 0 bridgehead atoms. The molecule has 2 N–H and O–H groups in total. The summed E-state index contributed by atoms with van der Waals surface area (Å²) in [6, 6.07) is 3.78. The Hall–Kier alpha value is -1.69. The molecule has 100 valence electrons. The van der Waals surface area contributed by atoms with E-state index in [-0.39, 0.29) is 17.8 Å². The van der Waals surface area contributed by atoms with Gasteiger partial charge < -0.3 is 10.3 Å². The predicted molar refractivity (Wildman–Crippen MR) is 73.2 cm³/mol. The number of H-pyrrole nitrogens is 1. The van der Waals surface area contributed by atoms with Crippen molar-refractivity contribution in [2.24, 2.45) is 0 Å². The van der Waals surface area contributed by atoms with Crippen molar-refractivity contribution in [1.82, 2.24) is 15.3 Å². The fourth-order valence-electron chi connectivity index (χ4n) is 1.74. The number of nitrogens with zero attached hydrogens (tertiary/aromatic N) is 1. The number of benzene rings is 1. The highest BCUT2D eigenvalue weighted by Gasteiger charge is 2.17. The minimum Gasteiger partial charge on any atom is -0.347 e. The number of aromatic nitrogens is 2. The van der Waals surface area contributed by atoms with E-state index in [1.165, 1.54) is 18.2 Å². The highest BCUT2D eigenvalue weighted by Crippen LogP contribution is 2.20.